The van der Waals surface area contributed by atoms with E-state index in [0.29, 0.717) is 11.4 Å². The predicted molar refractivity (Wildman–Crippen MR) is 76.4 cm³/mol. The smallest absolute Gasteiger partial charge is 0.190 e. The molecular weight excluding hydrogens is 250 g/mol. The zero-order valence-electron chi connectivity index (χ0n) is 10.5. The normalized spacial score (nSPS) is 10.2. The van der Waals surface area contributed by atoms with Gasteiger partial charge in [-0.1, -0.05) is 30.3 Å². The molecule has 3 rings (SSSR count). The summed E-state index contributed by atoms with van der Waals surface area (Å²) >= 11 is 0. The minimum Gasteiger partial charge on any atom is -0.399 e. The molecule has 0 aliphatic carbocycles. The standard InChI is InChI=1S/C15H11N5/c16-9-14-15(19-20-18-14)12-5-1-3-10(7-12)11-4-2-6-13(17)8-11/h1-8H,17H2,(H,18,19,20). The number of nitrogens with zero attached hydrogens (tertiary/aromatic N) is 3. The van der Waals surface area contributed by atoms with Crippen LogP contribution in [0, 0.1) is 11.3 Å². The second-order valence-corrected chi connectivity index (χ2v) is 4.34. The molecule has 1 heterocycles. The molecule has 0 spiro atoms. The molecule has 96 valence electrons. The molecule has 3 aromatic rings. The average molecular weight is 261 g/mol. The lowest BCUT2D eigenvalue weighted by atomic mass is 10.0. The van der Waals surface area contributed by atoms with Crippen molar-refractivity contribution >= 4 is 5.69 Å². The third-order valence-electron chi connectivity index (χ3n) is 3.01. The van der Waals surface area contributed by atoms with Crippen LogP contribution >= 0.6 is 0 Å². The summed E-state index contributed by atoms with van der Waals surface area (Å²) in [6.45, 7) is 0. The molecule has 5 heteroatoms. The van der Waals surface area contributed by atoms with Gasteiger partial charge in [-0.15, -0.1) is 5.10 Å². The Hall–Kier alpha value is -3.13. The first kappa shape index (κ1) is 11.9. The van der Waals surface area contributed by atoms with Gasteiger partial charge < -0.3 is 5.73 Å². The van der Waals surface area contributed by atoms with Crippen LogP contribution in [-0.4, -0.2) is 15.4 Å². The van der Waals surface area contributed by atoms with Gasteiger partial charge >= 0.3 is 0 Å². The van der Waals surface area contributed by atoms with E-state index in [1.165, 1.54) is 0 Å². The van der Waals surface area contributed by atoms with E-state index in [2.05, 4.69) is 15.4 Å². The summed E-state index contributed by atoms with van der Waals surface area (Å²) in [4.78, 5) is 0. The maximum atomic E-state index is 9.00. The number of anilines is 1. The molecule has 1 aromatic heterocycles. The Labute approximate surface area is 115 Å². The summed E-state index contributed by atoms with van der Waals surface area (Å²) in [7, 11) is 0. The highest BCUT2D eigenvalue weighted by atomic mass is 15.3. The fraction of sp³-hybridized carbons (Fsp3) is 0. The number of nitrogens with two attached hydrogens (primary N) is 1. The first-order valence-electron chi connectivity index (χ1n) is 6.05. The van der Waals surface area contributed by atoms with Crippen molar-refractivity contribution in [1.29, 1.82) is 5.26 Å². The van der Waals surface area contributed by atoms with Gasteiger partial charge in [0.2, 0.25) is 0 Å². The Morgan fingerprint density at radius 1 is 0.950 bits per heavy atom. The maximum Gasteiger partial charge on any atom is 0.190 e. The Bertz CT molecular complexity index is 798. The third kappa shape index (κ3) is 2.10. The van der Waals surface area contributed by atoms with Crippen LogP contribution in [-0.2, 0) is 0 Å². The lowest BCUT2D eigenvalue weighted by Gasteiger charge is -2.05. The molecule has 0 aliphatic rings. The maximum absolute atomic E-state index is 9.00. The molecule has 0 radical (unpaired) electrons. The number of H-pyrrole nitrogens is 1. The van der Waals surface area contributed by atoms with Crippen LogP contribution in [0.25, 0.3) is 22.4 Å². The van der Waals surface area contributed by atoms with E-state index in [9.17, 15) is 0 Å². The first-order chi connectivity index (χ1) is 9.78. The molecule has 0 aliphatic heterocycles. The van der Waals surface area contributed by atoms with Gasteiger partial charge in [0.25, 0.3) is 0 Å². The van der Waals surface area contributed by atoms with Gasteiger partial charge in [-0.3, -0.25) is 0 Å². The zero-order chi connectivity index (χ0) is 13.9. The fourth-order valence-corrected chi connectivity index (χ4v) is 2.07. The minimum absolute atomic E-state index is 0.287. The van der Waals surface area contributed by atoms with E-state index >= 15 is 0 Å². The summed E-state index contributed by atoms with van der Waals surface area (Å²) < 4.78 is 0. The Kier molecular flexibility index (Phi) is 2.90. The van der Waals surface area contributed by atoms with Gasteiger partial charge in [-0.2, -0.15) is 15.6 Å². The summed E-state index contributed by atoms with van der Waals surface area (Å²) in [5, 5.41) is 19.3. The van der Waals surface area contributed by atoms with Crippen molar-refractivity contribution < 1.29 is 0 Å². The highest BCUT2D eigenvalue weighted by Gasteiger charge is 2.10. The summed E-state index contributed by atoms with van der Waals surface area (Å²) in [5.74, 6) is 0. The fourth-order valence-electron chi connectivity index (χ4n) is 2.07. The van der Waals surface area contributed by atoms with Crippen molar-refractivity contribution in [1.82, 2.24) is 15.4 Å². The Balaban J connectivity index is 2.09. The van der Waals surface area contributed by atoms with Crippen molar-refractivity contribution in [2.24, 2.45) is 0 Å². The van der Waals surface area contributed by atoms with E-state index < -0.39 is 0 Å². The number of aromatic nitrogens is 3. The lowest BCUT2D eigenvalue weighted by Crippen LogP contribution is -1.87. The van der Waals surface area contributed by atoms with Crippen LogP contribution in [0.2, 0.25) is 0 Å². The average Bonchev–Trinajstić information content (AvgIpc) is 2.96. The van der Waals surface area contributed by atoms with E-state index in [1.54, 1.807) is 0 Å². The Morgan fingerprint density at radius 2 is 1.65 bits per heavy atom. The zero-order valence-corrected chi connectivity index (χ0v) is 10.5. The van der Waals surface area contributed by atoms with Crippen molar-refractivity contribution in [3.05, 3.63) is 54.2 Å². The Morgan fingerprint density at radius 3 is 2.40 bits per heavy atom. The lowest BCUT2D eigenvalue weighted by molar-refractivity contribution is 0.937. The molecular formula is C15H11N5. The van der Waals surface area contributed by atoms with Crippen molar-refractivity contribution in [2.45, 2.75) is 0 Å². The quantitative estimate of drug-likeness (QED) is 0.693. The van der Waals surface area contributed by atoms with Crippen molar-refractivity contribution in [3.8, 4) is 28.5 Å². The molecule has 0 atom stereocenters. The number of nitriles is 1. The van der Waals surface area contributed by atoms with Gasteiger partial charge in [0, 0.05) is 11.3 Å². The molecule has 0 amide bonds. The topological polar surface area (TPSA) is 91.4 Å². The number of hydrogen-bond donors (Lipinski definition) is 2. The molecule has 0 saturated carbocycles. The van der Waals surface area contributed by atoms with Crippen LogP contribution in [0.3, 0.4) is 0 Å². The number of benzene rings is 2. The molecule has 0 unspecified atom stereocenters. The molecule has 20 heavy (non-hydrogen) atoms. The van der Waals surface area contributed by atoms with Crippen LogP contribution < -0.4 is 5.73 Å². The molecule has 0 fully saturated rings. The molecule has 0 saturated heterocycles. The number of aromatic amines is 1. The SMILES string of the molecule is N#Cc1n[nH]nc1-c1cccc(-c2cccc(N)c2)c1. The molecule has 3 N–H and O–H groups in total. The summed E-state index contributed by atoms with van der Waals surface area (Å²) in [5.41, 5.74) is 10.2. The van der Waals surface area contributed by atoms with E-state index in [-0.39, 0.29) is 5.69 Å². The number of nitrogen functional groups attached to an aromatic ring is 1. The van der Waals surface area contributed by atoms with Crippen LogP contribution in [0.15, 0.2) is 48.5 Å². The van der Waals surface area contributed by atoms with E-state index in [1.807, 2.05) is 54.6 Å². The number of rotatable bonds is 2. The van der Waals surface area contributed by atoms with Crippen molar-refractivity contribution in [2.75, 3.05) is 5.73 Å². The predicted octanol–water partition coefficient (Wildman–Crippen LogP) is 2.59. The first-order valence-corrected chi connectivity index (χ1v) is 6.05. The molecule has 2 aromatic carbocycles. The monoisotopic (exact) mass is 261 g/mol. The minimum atomic E-state index is 0.287. The van der Waals surface area contributed by atoms with Gasteiger partial charge in [0.1, 0.15) is 11.8 Å². The van der Waals surface area contributed by atoms with E-state index in [4.69, 9.17) is 11.0 Å². The van der Waals surface area contributed by atoms with Crippen molar-refractivity contribution in [3.63, 3.8) is 0 Å². The highest BCUT2D eigenvalue weighted by molar-refractivity contribution is 5.74. The van der Waals surface area contributed by atoms with Gasteiger partial charge in [-0.25, -0.2) is 0 Å². The van der Waals surface area contributed by atoms with Crippen LogP contribution in [0.5, 0.6) is 0 Å². The van der Waals surface area contributed by atoms with Gasteiger partial charge in [0.05, 0.1) is 0 Å². The van der Waals surface area contributed by atoms with Gasteiger partial charge in [-0.05, 0) is 29.3 Å². The second kappa shape index (κ2) is 4.86. The molecule has 0 bridgehead atoms. The van der Waals surface area contributed by atoms with E-state index in [0.717, 1.165) is 16.7 Å². The second-order valence-electron chi connectivity index (χ2n) is 4.34. The number of hydrogen-bond acceptors (Lipinski definition) is 4. The number of nitrogens with one attached hydrogen (secondary N) is 1. The van der Waals surface area contributed by atoms with Crippen LogP contribution in [0.4, 0.5) is 5.69 Å². The third-order valence-corrected chi connectivity index (χ3v) is 3.01. The van der Waals surface area contributed by atoms with Crippen LogP contribution in [0.1, 0.15) is 5.69 Å². The largest absolute Gasteiger partial charge is 0.399 e. The molecule has 5 nitrogen and oxygen atoms in total. The summed E-state index contributed by atoms with van der Waals surface area (Å²) in [6.07, 6.45) is 0. The highest BCUT2D eigenvalue weighted by Crippen LogP contribution is 2.27. The summed E-state index contributed by atoms with van der Waals surface area (Å²) in [6, 6.07) is 17.4. The van der Waals surface area contributed by atoms with Gasteiger partial charge in [0.15, 0.2) is 5.69 Å².